The van der Waals surface area contributed by atoms with Crippen LogP contribution in [0.5, 0.6) is 0 Å². The van der Waals surface area contributed by atoms with Gasteiger partial charge >= 0.3 is 11.9 Å². The van der Waals surface area contributed by atoms with E-state index in [1.165, 1.54) is 0 Å². The van der Waals surface area contributed by atoms with Crippen LogP contribution < -0.4 is 11.1 Å². The third kappa shape index (κ3) is 6.17. The maximum atomic E-state index is 12.4. The van der Waals surface area contributed by atoms with Crippen molar-refractivity contribution in [1.29, 1.82) is 0 Å². The number of halogens is 1. The standard InChI is InChI=1S/C16H24N2O4.ClH/c1-2-18-16(14(19)20,10-6-7-11-17)15(21)22-12-13-8-4-3-5-9-13;/h3-5,8-9,18H,2,6-7,10-12,17H2,1H3,(H,19,20);1H/t16-;/m0./s1. The monoisotopic (exact) mass is 344 g/mol. The van der Waals surface area contributed by atoms with Crippen molar-refractivity contribution in [2.75, 3.05) is 13.1 Å². The van der Waals surface area contributed by atoms with E-state index in [4.69, 9.17) is 10.5 Å². The first kappa shape index (κ1) is 21.4. The van der Waals surface area contributed by atoms with Gasteiger partial charge in [0.25, 0.3) is 0 Å². The fourth-order valence-electron chi connectivity index (χ4n) is 2.22. The van der Waals surface area contributed by atoms with Gasteiger partial charge in [-0.1, -0.05) is 37.3 Å². The van der Waals surface area contributed by atoms with Crippen LogP contribution in [0.2, 0.25) is 0 Å². The molecule has 0 aliphatic rings. The molecule has 0 heterocycles. The molecule has 0 radical (unpaired) electrons. The molecule has 6 nitrogen and oxygen atoms in total. The summed E-state index contributed by atoms with van der Waals surface area (Å²) in [5.74, 6) is -1.98. The van der Waals surface area contributed by atoms with E-state index in [0.29, 0.717) is 25.9 Å². The van der Waals surface area contributed by atoms with E-state index in [9.17, 15) is 14.7 Å². The van der Waals surface area contributed by atoms with Gasteiger partial charge in [0.1, 0.15) is 6.61 Å². The fraction of sp³-hybridized carbons (Fsp3) is 0.500. The van der Waals surface area contributed by atoms with Crippen LogP contribution in [0.1, 0.15) is 31.7 Å². The predicted octanol–water partition coefficient (Wildman–Crippen LogP) is 1.71. The number of hydrogen-bond acceptors (Lipinski definition) is 5. The Morgan fingerprint density at radius 2 is 1.91 bits per heavy atom. The van der Waals surface area contributed by atoms with Crippen LogP contribution in [0.4, 0.5) is 0 Å². The minimum atomic E-state index is -1.71. The van der Waals surface area contributed by atoms with E-state index in [1.54, 1.807) is 6.92 Å². The highest BCUT2D eigenvalue weighted by Crippen LogP contribution is 2.18. The quantitative estimate of drug-likeness (QED) is 0.339. The molecule has 0 aromatic heterocycles. The second kappa shape index (κ2) is 11.0. The first-order valence-corrected chi connectivity index (χ1v) is 7.46. The Balaban J connectivity index is 0.00000484. The number of unbranched alkanes of at least 4 members (excludes halogenated alkanes) is 1. The molecule has 1 atom stereocenters. The van der Waals surface area contributed by atoms with Gasteiger partial charge in [-0.2, -0.15) is 0 Å². The second-order valence-corrected chi connectivity index (χ2v) is 5.05. The number of nitrogens with one attached hydrogen (secondary N) is 1. The van der Waals surface area contributed by atoms with Crippen molar-refractivity contribution in [3.63, 3.8) is 0 Å². The number of nitrogens with two attached hydrogens (primary N) is 1. The molecule has 7 heteroatoms. The van der Waals surface area contributed by atoms with Crippen molar-refractivity contribution in [3.8, 4) is 0 Å². The summed E-state index contributed by atoms with van der Waals surface area (Å²) in [5, 5.41) is 12.3. The number of carbonyl (C=O) groups is 2. The van der Waals surface area contributed by atoms with Crippen LogP contribution in [-0.2, 0) is 20.9 Å². The van der Waals surface area contributed by atoms with E-state index >= 15 is 0 Å². The maximum absolute atomic E-state index is 12.4. The van der Waals surface area contributed by atoms with Gasteiger partial charge in [-0.3, -0.25) is 5.32 Å². The van der Waals surface area contributed by atoms with Gasteiger partial charge in [-0.05, 0) is 37.9 Å². The number of rotatable bonds is 10. The number of likely N-dealkylation sites (N-methyl/N-ethyl adjacent to an activating group) is 1. The average molecular weight is 345 g/mol. The summed E-state index contributed by atoms with van der Waals surface area (Å²) in [7, 11) is 0. The highest BCUT2D eigenvalue weighted by atomic mass is 35.5. The normalized spacial score (nSPS) is 12.8. The molecule has 1 aromatic rings. The predicted molar refractivity (Wildman–Crippen MR) is 90.4 cm³/mol. The lowest BCUT2D eigenvalue weighted by molar-refractivity contribution is -0.164. The topological polar surface area (TPSA) is 102 Å². The van der Waals surface area contributed by atoms with Crippen LogP contribution in [0.15, 0.2) is 30.3 Å². The zero-order valence-corrected chi connectivity index (χ0v) is 14.1. The van der Waals surface area contributed by atoms with Crippen molar-refractivity contribution in [1.82, 2.24) is 5.32 Å². The summed E-state index contributed by atoms with van der Waals surface area (Å²) >= 11 is 0. The molecule has 0 aliphatic carbocycles. The summed E-state index contributed by atoms with van der Waals surface area (Å²) in [6, 6.07) is 9.16. The molecule has 0 spiro atoms. The fourth-order valence-corrected chi connectivity index (χ4v) is 2.22. The minimum absolute atomic E-state index is 0. The second-order valence-electron chi connectivity index (χ2n) is 5.05. The van der Waals surface area contributed by atoms with E-state index in [0.717, 1.165) is 5.56 Å². The van der Waals surface area contributed by atoms with E-state index in [2.05, 4.69) is 5.32 Å². The van der Waals surface area contributed by atoms with Gasteiger partial charge in [0.2, 0.25) is 5.54 Å². The summed E-state index contributed by atoms with van der Waals surface area (Å²) in [5.41, 5.74) is 4.54. The third-order valence-corrected chi connectivity index (χ3v) is 3.41. The number of carboxylic acids is 1. The molecule has 0 saturated carbocycles. The lowest BCUT2D eigenvalue weighted by Crippen LogP contribution is -2.59. The van der Waals surface area contributed by atoms with Crippen molar-refractivity contribution < 1.29 is 19.4 Å². The van der Waals surface area contributed by atoms with Crippen molar-refractivity contribution >= 4 is 24.3 Å². The van der Waals surface area contributed by atoms with Gasteiger partial charge in [-0.15, -0.1) is 12.4 Å². The van der Waals surface area contributed by atoms with E-state index in [1.807, 2.05) is 30.3 Å². The Kier molecular flexibility index (Phi) is 10.2. The first-order chi connectivity index (χ1) is 10.6. The van der Waals surface area contributed by atoms with Crippen LogP contribution in [0.25, 0.3) is 0 Å². The number of benzene rings is 1. The van der Waals surface area contributed by atoms with Gasteiger partial charge in [0, 0.05) is 0 Å². The zero-order chi connectivity index (χ0) is 16.4. The molecule has 130 valence electrons. The number of carbonyl (C=O) groups excluding carboxylic acids is 1. The number of hydrogen-bond donors (Lipinski definition) is 3. The summed E-state index contributed by atoms with van der Waals surface area (Å²) in [4.78, 5) is 24.0. The molecule has 0 amide bonds. The number of aliphatic carboxylic acids is 1. The Hall–Kier alpha value is -1.63. The van der Waals surface area contributed by atoms with Crippen molar-refractivity contribution in [2.24, 2.45) is 5.73 Å². The average Bonchev–Trinajstić information content (AvgIpc) is 2.52. The molecule has 0 unspecified atom stereocenters. The first-order valence-electron chi connectivity index (χ1n) is 7.46. The maximum Gasteiger partial charge on any atom is 0.338 e. The zero-order valence-electron chi connectivity index (χ0n) is 13.3. The Morgan fingerprint density at radius 3 is 2.43 bits per heavy atom. The number of esters is 1. The Morgan fingerprint density at radius 1 is 1.26 bits per heavy atom. The van der Waals surface area contributed by atoms with Crippen LogP contribution in [0, 0.1) is 0 Å². The van der Waals surface area contributed by atoms with Crippen LogP contribution >= 0.6 is 12.4 Å². The highest BCUT2D eigenvalue weighted by molar-refractivity contribution is 6.04. The lowest BCUT2D eigenvalue weighted by atomic mass is 9.92. The Labute approximate surface area is 142 Å². The summed E-state index contributed by atoms with van der Waals surface area (Å²) in [6.07, 6.45) is 1.35. The van der Waals surface area contributed by atoms with Gasteiger partial charge in [0.15, 0.2) is 0 Å². The van der Waals surface area contributed by atoms with Crippen LogP contribution in [-0.4, -0.2) is 35.7 Å². The molecule has 23 heavy (non-hydrogen) atoms. The molecule has 1 rings (SSSR count). The largest absolute Gasteiger partial charge is 0.479 e. The van der Waals surface area contributed by atoms with Gasteiger partial charge in [-0.25, -0.2) is 9.59 Å². The molecule has 4 N–H and O–H groups in total. The lowest BCUT2D eigenvalue weighted by Gasteiger charge is -2.28. The van der Waals surface area contributed by atoms with E-state index in [-0.39, 0.29) is 25.4 Å². The molecular formula is C16H25ClN2O4. The van der Waals surface area contributed by atoms with Crippen molar-refractivity contribution in [2.45, 2.75) is 38.3 Å². The van der Waals surface area contributed by atoms with E-state index < -0.39 is 17.5 Å². The van der Waals surface area contributed by atoms with Gasteiger partial charge < -0.3 is 15.6 Å². The van der Waals surface area contributed by atoms with Gasteiger partial charge in [0.05, 0.1) is 0 Å². The molecule has 1 aromatic carbocycles. The summed E-state index contributed by atoms with van der Waals surface area (Å²) in [6.45, 7) is 2.62. The number of ether oxygens (including phenoxy) is 1. The SMILES string of the molecule is CCN[C@@](CCCCN)(C(=O)O)C(=O)OCc1ccccc1.Cl. The molecule has 0 bridgehead atoms. The minimum Gasteiger partial charge on any atom is -0.479 e. The molecule has 0 fully saturated rings. The van der Waals surface area contributed by atoms with Crippen molar-refractivity contribution in [3.05, 3.63) is 35.9 Å². The molecule has 0 saturated heterocycles. The third-order valence-electron chi connectivity index (χ3n) is 3.41. The molecule has 0 aliphatic heterocycles. The number of carboxylic acid groups (broad SMARTS) is 1. The highest BCUT2D eigenvalue weighted by Gasteiger charge is 2.46. The van der Waals surface area contributed by atoms with Crippen LogP contribution in [0.3, 0.4) is 0 Å². The summed E-state index contributed by atoms with van der Waals surface area (Å²) < 4.78 is 5.22. The smallest absolute Gasteiger partial charge is 0.338 e. The Bertz CT molecular complexity index is 484. The molecular weight excluding hydrogens is 320 g/mol.